The minimum absolute atomic E-state index is 0.00295. The molecule has 0 saturated carbocycles. The van der Waals surface area contributed by atoms with Crippen LogP contribution < -0.4 is 5.56 Å². The van der Waals surface area contributed by atoms with Crippen molar-refractivity contribution in [2.24, 2.45) is 7.05 Å². The van der Waals surface area contributed by atoms with E-state index in [-0.39, 0.29) is 17.9 Å². The highest BCUT2D eigenvalue weighted by molar-refractivity contribution is 5.83. The summed E-state index contributed by atoms with van der Waals surface area (Å²) >= 11 is 0. The van der Waals surface area contributed by atoms with Crippen molar-refractivity contribution in [3.05, 3.63) is 62.6 Å². The van der Waals surface area contributed by atoms with Crippen LogP contribution in [0.4, 0.5) is 13.2 Å². The first-order valence-corrected chi connectivity index (χ1v) is 11.8. The number of hydrogen-bond acceptors (Lipinski definition) is 4. The van der Waals surface area contributed by atoms with E-state index in [0.717, 1.165) is 47.3 Å². The molecular weight excluding hydrogens is 459 g/mol. The molecule has 1 amide bonds. The van der Waals surface area contributed by atoms with Gasteiger partial charge in [-0.1, -0.05) is 12.1 Å². The Morgan fingerprint density at radius 2 is 1.80 bits per heavy atom. The fraction of sp³-hybridized carbons (Fsp3) is 0.480. The summed E-state index contributed by atoms with van der Waals surface area (Å²) in [6.45, 7) is 6.92. The Hall–Kier alpha value is -3.14. The van der Waals surface area contributed by atoms with Gasteiger partial charge in [-0.3, -0.25) is 19.2 Å². The molecule has 0 spiro atoms. The van der Waals surface area contributed by atoms with Crippen LogP contribution in [-0.4, -0.2) is 56.7 Å². The SMILES string of the molecule is Cc1nn(C)c2[nH]c(=O)c(CCC(=O)N3CCCN(Cc4ccc(C(F)(F)F)cc4)CC3)c(C)c12. The third-order valence-electron chi connectivity index (χ3n) is 6.77. The summed E-state index contributed by atoms with van der Waals surface area (Å²) in [6.07, 6.45) is -2.95. The molecule has 188 valence electrons. The van der Waals surface area contributed by atoms with E-state index < -0.39 is 11.7 Å². The van der Waals surface area contributed by atoms with E-state index in [1.807, 2.05) is 18.7 Å². The number of aryl methyl sites for hydroxylation is 3. The number of aromatic nitrogens is 3. The number of hydrogen-bond donors (Lipinski definition) is 1. The summed E-state index contributed by atoms with van der Waals surface area (Å²) < 4.78 is 40.0. The minimum atomic E-state index is -4.34. The molecule has 3 heterocycles. The van der Waals surface area contributed by atoms with Gasteiger partial charge < -0.3 is 9.88 Å². The largest absolute Gasteiger partial charge is 0.416 e. The molecule has 1 aliphatic heterocycles. The number of nitrogens with one attached hydrogen (secondary N) is 1. The second-order valence-corrected chi connectivity index (χ2v) is 9.20. The average Bonchev–Trinajstić information content (AvgIpc) is 2.94. The molecule has 3 aromatic rings. The number of aromatic amines is 1. The summed E-state index contributed by atoms with van der Waals surface area (Å²) in [7, 11) is 1.79. The lowest BCUT2D eigenvalue weighted by Gasteiger charge is -2.22. The molecule has 0 radical (unpaired) electrons. The average molecular weight is 490 g/mol. The summed E-state index contributed by atoms with van der Waals surface area (Å²) in [6, 6.07) is 5.24. The van der Waals surface area contributed by atoms with Crippen molar-refractivity contribution in [2.45, 2.75) is 45.8 Å². The quantitative estimate of drug-likeness (QED) is 0.595. The number of H-pyrrole nitrogens is 1. The third kappa shape index (κ3) is 5.42. The fourth-order valence-corrected chi connectivity index (χ4v) is 4.88. The summed E-state index contributed by atoms with van der Waals surface area (Å²) in [5.41, 5.74) is 2.96. The van der Waals surface area contributed by atoms with Crippen LogP contribution in [0.25, 0.3) is 11.0 Å². The zero-order valence-electron chi connectivity index (χ0n) is 20.2. The van der Waals surface area contributed by atoms with Gasteiger partial charge in [-0.25, -0.2) is 0 Å². The van der Waals surface area contributed by atoms with Crippen LogP contribution in [0.15, 0.2) is 29.1 Å². The van der Waals surface area contributed by atoms with E-state index in [1.165, 1.54) is 12.1 Å². The van der Waals surface area contributed by atoms with Gasteiger partial charge in [0.05, 0.1) is 11.3 Å². The molecule has 1 aromatic carbocycles. The zero-order valence-corrected chi connectivity index (χ0v) is 20.2. The maximum Gasteiger partial charge on any atom is 0.416 e. The monoisotopic (exact) mass is 489 g/mol. The van der Waals surface area contributed by atoms with Crippen molar-refractivity contribution >= 4 is 16.9 Å². The van der Waals surface area contributed by atoms with Crippen LogP contribution in [0.2, 0.25) is 0 Å². The second kappa shape index (κ2) is 9.85. The lowest BCUT2D eigenvalue weighted by atomic mass is 10.0. The van der Waals surface area contributed by atoms with Crippen molar-refractivity contribution in [3.8, 4) is 0 Å². The first-order valence-electron chi connectivity index (χ1n) is 11.8. The van der Waals surface area contributed by atoms with Crippen molar-refractivity contribution in [3.63, 3.8) is 0 Å². The molecule has 0 unspecified atom stereocenters. The van der Waals surface area contributed by atoms with E-state index in [4.69, 9.17) is 0 Å². The molecule has 1 saturated heterocycles. The van der Waals surface area contributed by atoms with Crippen LogP contribution in [0.5, 0.6) is 0 Å². The Balaban J connectivity index is 1.35. The number of fused-ring (bicyclic) bond motifs is 1. The lowest BCUT2D eigenvalue weighted by Crippen LogP contribution is -2.35. The summed E-state index contributed by atoms with van der Waals surface area (Å²) in [5, 5.41) is 5.30. The van der Waals surface area contributed by atoms with Gasteiger partial charge in [-0.2, -0.15) is 18.3 Å². The van der Waals surface area contributed by atoms with Crippen LogP contribution >= 0.6 is 0 Å². The van der Waals surface area contributed by atoms with Gasteiger partial charge in [-0.15, -0.1) is 0 Å². The molecule has 10 heteroatoms. The van der Waals surface area contributed by atoms with Crippen LogP contribution in [0.1, 0.15) is 40.8 Å². The van der Waals surface area contributed by atoms with E-state index >= 15 is 0 Å². The highest BCUT2D eigenvalue weighted by atomic mass is 19.4. The van der Waals surface area contributed by atoms with Gasteiger partial charge >= 0.3 is 6.18 Å². The molecule has 0 aliphatic carbocycles. The van der Waals surface area contributed by atoms with Gasteiger partial charge in [0, 0.05) is 57.1 Å². The smallest absolute Gasteiger partial charge is 0.341 e. The Labute approximate surface area is 201 Å². The molecule has 1 N–H and O–H groups in total. The van der Waals surface area contributed by atoms with Gasteiger partial charge in [0.25, 0.3) is 5.56 Å². The normalized spacial score (nSPS) is 15.5. The highest BCUT2D eigenvalue weighted by Gasteiger charge is 2.30. The zero-order chi connectivity index (χ0) is 25.3. The summed E-state index contributed by atoms with van der Waals surface area (Å²) in [5.74, 6) is 0.00295. The molecule has 0 atom stereocenters. The van der Waals surface area contributed by atoms with Gasteiger partial charge in [0.2, 0.25) is 5.91 Å². The molecular formula is C25H30F3N5O2. The standard InChI is InChI=1S/C25H30F3N5O2/c1-16-20(24(35)29-23-22(16)17(2)30-31(23)3)9-10-21(34)33-12-4-11-32(13-14-33)15-18-5-7-19(8-6-18)25(26,27)28/h5-8H,4,9-15H2,1-3H3,(H,29,35). The van der Waals surface area contributed by atoms with Crippen molar-refractivity contribution < 1.29 is 18.0 Å². The Morgan fingerprint density at radius 3 is 2.49 bits per heavy atom. The lowest BCUT2D eigenvalue weighted by molar-refractivity contribution is -0.137. The summed E-state index contributed by atoms with van der Waals surface area (Å²) in [4.78, 5) is 32.5. The molecule has 4 rings (SSSR count). The molecule has 2 aromatic heterocycles. The Bertz CT molecular complexity index is 1280. The Kier molecular flexibility index (Phi) is 7.02. The molecule has 0 bridgehead atoms. The number of carbonyl (C=O) groups is 1. The topological polar surface area (TPSA) is 74.2 Å². The fourth-order valence-electron chi connectivity index (χ4n) is 4.88. The van der Waals surface area contributed by atoms with E-state index in [2.05, 4.69) is 15.0 Å². The van der Waals surface area contributed by atoms with Crippen LogP contribution in [0.3, 0.4) is 0 Å². The number of pyridine rings is 1. The maximum atomic E-state index is 13.0. The second-order valence-electron chi connectivity index (χ2n) is 9.20. The number of halogens is 3. The first kappa shape index (κ1) is 25.0. The number of nitrogens with zero attached hydrogens (tertiary/aromatic N) is 4. The van der Waals surface area contributed by atoms with Gasteiger partial charge in [-0.05, 0) is 49.9 Å². The van der Waals surface area contributed by atoms with Crippen LogP contribution in [-0.2, 0) is 31.0 Å². The van der Waals surface area contributed by atoms with E-state index in [1.54, 1.807) is 11.7 Å². The van der Waals surface area contributed by atoms with E-state index in [9.17, 15) is 22.8 Å². The number of benzene rings is 1. The molecule has 1 fully saturated rings. The van der Waals surface area contributed by atoms with Crippen LogP contribution in [0, 0.1) is 13.8 Å². The number of alkyl halides is 3. The van der Waals surface area contributed by atoms with Crippen molar-refractivity contribution in [1.29, 1.82) is 0 Å². The number of amides is 1. The first-order chi connectivity index (χ1) is 16.5. The predicted molar refractivity (Wildman–Crippen MR) is 127 cm³/mol. The van der Waals surface area contributed by atoms with Crippen molar-refractivity contribution in [2.75, 3.05) is 26.2 Å². The molecule has 7 nitrogen and oxygen atoms in total. The maximum absolute atomic E-state index is 13.0. The highest BCUT2D eigenvalue weighted by Crippen LogP contribution is 2.29. The number of carbonyl (C=O) groups excluding carboxylic acids is 1. The third-order valence-corrected chi connectivity index (χ3v) is 6.77. The molecule has 35 heavy (non-hydrogen) atoms. The van der Waals surface area contributed by atoms with Crippen molar-refractivity contribution in [1.82, 2.24) is 24.6 Å². The van der Waals surface area contributed by atoms with Gasteiger partial charge in [0.15, 0.2) is 0 Å². The van der Waals surface area contributed by atoms with Gasteiger partial charge in [0.1, 0.15) is 5.65 Å². The Morgan fingerprint density at radius 1 is 1.09 bits per heavy atom. The predicted octanol–water partition coefficient (Wildman–Crippen LogP) is 3.56. The minimum Gasteiger partial charge on any atom is -0.341 e. The van der Waals surface area contributed by atoms with E-state index in [0.29, 0.717) is 43.8 Å². The number of rotatable bonds is 5. The molecule has 1 aliphatic rings.